The van der Waals surface area contributed by atoms with Crippen molar-refractivity contribution in [1.82, 2.24) is 9.88 Å². The number of ether oxygens (including phenoxy) is 2. The molecule has 0 aliphatic carbocycles. The van der Waals surface area contributed by atoms with E-state index in [1.807, 2.05) is 23.1 Å². The highest BCUT2D eigenvalue weighted by molar-refractivity contribution is 8.00. The molecule has 0 atom stereocenters. The predicted molar refractivity (Wildman–Crippen MR) is 101 cm³/mol. The molecule has 0 saturated carbocycles. The molecule has 0 radical (unpaired) electrons. The largest absolute Gasteiger partial charge is 0.379 e. The number of morpholine rings is 2. The lowest BCUT2D eigenvalue weighted by Crippen LogP contribution is -2.38. The number of hydrogen-bond donors (Lipinski definition) is 0. The average molecular weight is 366 g/mol. The van der Waals surface area contributed by atoms with Crippen LogP contribution in [0.5, 0.6) is 0 Å². The van der Waals surface area contributed by atoms with E-state index in [0.717, 1.165) is 65.0 Å². The Kier molecular flexibility index (Phi) is 5.24. The van der Waals surface area contributed by atoms with Crippen LogP contribution in [0.25, 0.3) is 10.1 Å². The summed E-state index contributed by atoms with van der Waals surface area (Å²) in [5, 5.41) is 1.29. The van der Waals surface area contributed by atoms with Crippen LogP contribution in [0.1, 0.15) is 5.69 Å². The van der Waals surface area contributed by atoms with Crippen molar-refractivity contribution in [1.29, 1.82) is 0 Å². The van der Waals surface area contributed by atoms with Crippen LogP contribution in [0.15, 0.2) is 16.3 Å². The molecular weight excluding hydrogens is 342 g/mol. The molecular formula is C17H23N3O2S2. The number of rotatable bonds is 4. The van der Waals surface area contributed by atoms with Crippen LogP contribution in [0.3, 0.4) is 0 Å². The van der Waals surface area contributed by atoms with Crippen molar-refractivity contribution in [3.8, 4) is 0 Å². The van der Waals surface area contributed by atoms with Gasteiger partial charge < -0.3 is 14.4 Å². The summed E-state index contributed by atoms with van der Waals surface area (Å²) >= 11 is 3.69. The average Bonchev–Trinajstić information content (AvgIpc) is 3.06. The van der Waals surface area contributed by atoms with E-state index in [2.05, 4.69) is 28.2 Å². The van der Waals surface area contributed by atoms with Crippen molar-refractivity contribution in [2.24, 2.45) is 0 Å². The molecule has 2 aromatic heterocycles. The molecule has 7 heteroatoms. The van der Waals surface area contributed by atoms with Gasteiger partial charge in [-0.1, -0.05) is 0 Å². The highest BCUT2D eigenvalue weighted by Gasteiger charge is 2.19. The van der Waals surface area contributed by atoms with Gasteiger partial charge in [0, 0.05) is 42.8 Å². The van der Waals surface area contributed by atoms with Crippen molar-refractivity contribution in [3.63, 3.8) is 0 Å². The molecule has 2 aromatic rings. The number of aromatic nitrogens is 1. The first kappa shape index (κ1) is 16.6. The predicted octanol–water partition coefficient (Wildman–Crippen LogP) is 2.69. The highest BCUT2D eigenvalue weighted by atomic mass is 32.2. The molecule has 2 aliphatic heterocycles. The van der Waals surface area contributed by atoms with Gasteiger partial charge in [0.05, 0.1) is 36.3 Å². The fourth-order valence-corrected chi connectivity index (χ4v) is 4.92. The summed E-state index contributed by atoms with van der Waals surface area (Å²) in [6, 6.07) is 4.57. The number of thiophene rings is 1. The minimum absolute atomic E-state index is 0.788. The Morgan fingerprint density at radius 3 is 2.50 bits per heavy atom. The Labute approximate surface area is 150 Å². The quantitative estimate of drug-likeness (QED) is 0.776. The zero-order valence-electron chi connectivity index (χ0n) is 14.0. The summed E-state index contributed by atoms with van der Waals surface area (Å²) in [6.45, 7) is 7.97. The molecule has 0 unspecified atom stereocenters. The van der Waals surface area contributed by atoms with Gasteiger partial charge in [-0.3, -0.25) is 4.90 Å². The third kappa shape index (κ3) is 3.55. The van der Waals surface area contributed by atoms with Gasteiger partial charge in [0.1, 0.15) is 5.82 Å². The van der Waals surface area contributed by atoms with E-state index < -0.39 is 0 Å². The number of hydrogen-bond acceptors (Lipinski definition) is 7. The second kappa shape index (κ2) is 7.58. The maximum atomic E-state index is 5.52. The summed E-state index contributed by atoms with van der Waals surface area (Å²) in [6.07, 6.45) is 2.14. The molecule has 2 aliphatic rings. The normalized spacial score (nSPS) is 20.0. The summed E-state index contributed by atoms with van der Waals surface area (Å²) in [5.74, 6) is 1.13. The first-order valence-electron chi connectivity index (χ1n) is 8.44. The number of nitrogens with zero attached hydrogens (tertiary/aromatic N) is 3. The lowest BCUT2D eigenvalue weighted by Gasteiger charge is -2.30. The molecule has 0 bridgehead atoms. The van der Waals surface area contributed by atoms with Crippen LogP contribution >= 0.6 is 23.1 Å². The van der Waals surface area contributed by atoms with E-state index in [1.54, 1.807) is 0 Å². The first-order valence-corrected chi connectivity index (χ1v) is 10.5. The van der Waals surface area contributed by atoms with Gasteiger partial charge in [-0.2, -0.15) is 0 Å². The number of fused-ring (bicyclic) bond motifs is 1. The topological polar surface area (TPSA) is 37.8 Å². The van der Waals surface area contributed by atoms with Crippen LogP contribution in [0.2, 0.25) is 0 Å². The van der Waals surface area contributed by atoms with E-state index in [9.17, 15) is 0 Å². The Balaban J connectivity index is 1.68. The molecule has 2 saturated heterocycles. The summed E-state index contributed by atoms with van der Waals surface area (Å²) in [4.78, 5) is 9.87. The zero-order chi connectivity index (χ0) is 16.4. The van der Waals surface area contributed by atoms with E-state index >= 15 is 0 Å². The van der Waals surface area contributed by atoms with E-state index in [-0.39, 0.29) is 0 Å². The molecule has 5 nitrogen and oxygen atoms in total. The monoisotopic (exact) mass is 365 g/mol. The molecule has 0 aromatic carbocycles. The lowest BCUT2D eigenvalue weighted by atomic mass is 10.2. The van der Waals surface area contributed by atoms with Crippen molar-refractivity contribution in [3.05, 3.63) is 17.8 Å². The fraction of sp³-hybridized carbons (Fsp3) is 0.588. The Morgan fingerprint density at radius 1 is 1.08 bits per heavy atom. The van der Waals surface area contributed by atoms with Crippen LogP contribution < -0.4 is 4.90 Å². The number of thioether (sulfide) groups is 1. The smallest absolute Gasteiger partial charge is 0.137 e. The maximum Gasteiger partial charge on any atom is 0.137 e. The van der Waals surface area contributed by atoms with Gasteiger partial charge in [-0.15, -0.1) is 23.1 Å². The molecule has 24 heavy (non-hydrogen) atoms. The SMILES string of the molecule is CSc1cc2c(N3CCOCC3)nc(CN3CCOCC3)cc2s1. The Bertz CT molecular complexity index is 694. The molecule has 130 valence electrons. The van der Waals surface area contributed by atoms with Crippen molar-refractivity contribution in [2.75, 3.05) is 63.8 Å². The van der Waals surface area contributed by atoms with Gasteiger partial charge in [0.25, 0.3) is 0 Å². The standard InChI is InChI=1S/C17H23N3O2S2/c1-23-16-11-14-15(24-16)10-13(12-19-2-6-21-7-3-19)18-17(14)20-4-8-22-9-5-20/h10-11H,2-9,12H2,1H3. The third-order valence-corrected chi connectivity index (χ3v) is 6.67. The van der Waals surface area contributed by atoms with Gasteiger partial charge in [0.2, 0.25) is 0 Å². The Hall–Kier alpha value is -0.860. The summed E-state index contributed by atoms with van der Waals surface area (Å²) in [5.41, 5.74) is 1.17. The van der Waals surface area contributed by atoms with Gasteiger partial charge in [-0.25, -0.2) is 4.98 Å². The molecule has 4 rings (SSSR count). The lowest BCUT2D eigenvalue weighted by molar-refractivity contribution is 0.0337. The second-order valence-electron chi connectivity index (χ2n) is 6.11. The van der Waals surface area contributed by atoms with Crippen molar-refractivity contribution >= 4 is 39.0 Å². The van der Waals surface area contributed by atoms with Gasteiger partial charge >= 0.3 is 0 Å². The number of anilines is 1. The highest BCUT2D eigenvalue weighted by Crippen LogP contribution is 2.37. The van der Waals surface area contributed by atoms with Crippen LogP contribution in [-0.2, 0) is 16.0 Å². The first-order chi connectivity index (χ1) is 11.8. The van der Waals surface area contributed by atoms with Crippen molar-refractivity contribution < 1.29 is 9.47 Å². The minimum Gasteiger partial charge on any atom is -0.379 e. The van der Waals surface area contributed by atoms with E-state index in [4.69, 9.17) is 14.5 Å². The second-order valence-corrected chi connectivity index (χ2v) is 8.30. The third-order valence-electron chi connectivity index (χ3n) is 4.53. The number of pyridine rings is 1. The van der Waals surface area contributed by atoms with Crippen LogP contribution in [0.4, 0.5) is 5.82 Å². The Morgan fingerprint density at radius 2 is 1.79 bits per heavy atom. The molecule has 4 heterocycles. The zero-order valence-corrected chi connectivity index (χ0v) is 15.6. The van der Waals surface area contributed by atoms with E-state index in [0.29, 0.717) is 0 Å². The van der Waals surface area contributed by atoms with Crippen LogP contribution in [-0.4, -0.2) is 68.7 Å². The van der Waals surface area contributed by atoms with Crippen LogP contribution in [0, 0.1) is 0 Å². The van der Waals surface area contributed by atoms with E-state index in [1.165, 1.54) is 20.0 Å². The molecule has 0 amide bonds. The summed E-state index contributed by atoms with van der Waals surface area (Å²) < 4.78 is 13.7. The van der Waals surface area contributed by atoms with Gasteiger partial charge in [-0.05, 0) is 18.4 Å². The van der Waals surface area contributed by atoms with Gasteiger partial charge in [0.15, 0.2) is 0 Å². The fourth-order valence-electron chi connectivity index (χ4n) is 3.23. The molecule has 0 N–H and O–H groups in total. The summed E-state index contributed by atoms with van der Waals surface area (Å²) in [7, 11) is 0. The minimum atomic E-state index is 0.788. The van der Waals surface area contributed by atoms with Crippen molar-refractivity contribution in [2.45, 2.75) is 10.8 Å². The maximum absolute atomic E-state index is 5.52. The molecule has 2 fully saturated rings. The molecule has 0 spiro atoms.